The lowest BCUT2D eigenvalue weighted by Gasteiger charge is -2.10. The van der Waals surface area contributed by atoms with Crippen LogP contribution in [0.2, 0.25) is 0 Å². The van der Waals surface area contributed by atoms with E-state index < -0.39 is 9.84 Å². The maximum absolute atomic E-state index is 11.8. The summed E-state index contributed by atoms with van der Waals surface area (Å²) in [6.45, 7) is 0.929. The molecule has 0 aliphatic carbocycles. The second-order valence-electron chi connectivity index (χ2n) is 4.85. The highest BCUT2D eigenvalue weighted by atomic mass is 32.2. The van der Waals surface area contributed by atoms with Crippen molar-refractivity contribution in [2.45, 2.75) is 12.3 Å². The SMILES string of the molecule is CS(=O)(=O)CCNC(=O)CC1CNc2ccccc21. The van der Waals surface area contributed by atoms with Crippen molar-refractivity contribution in [2.75, 3.05) is 30.4 Å². The van der Waals surface area contributed by atoms with Crippen LogP contribution >= 0.6 is 0 Å². The largest absolute Gasteiger partial charge is 0.384 e. The Balaban J connectivity index is 1.84. The number of fused-ring (bicyclic) bond motifs is 1. The molecule has 1 aromatic carbocycles. The van der Waals surface area contributed by atoms with E-state index in [-0.39, 0.29) is 24.1 Å². The number of hydrogen-bond acceptors (Lipinski definition) is 4. The van der Waals surface area contributed by atoms with Crippen LogP contribution in [0.5, 0.6) is 0 Å². The van der Waals surface area contributed by atoms with Gasteiger partial charge in [0.05, 0.1) is 5.75 Å². The van der Waals surface area contributed by atoms with E-state index >= 15 is 0 Å². The van der Waals surface area contributed by atoms with Crippen molar-refractivity contribution in [2.24, 2.45) is 0 Å². The number of nitrogens with one attached hydrogen (secondary N) is 2. The molecule has 1 aliphatic heterocycles. The normalized spacial score (nSPS) is 17.6. The molecule has 2 rings (SSSR count). The minimum atomic E-state index is -3.02. The molecule has 5 nitrogen and oxygen atoms in total. The molecule has 1 heterocycles. The summed E-state index contributed by atoms with van der Waals surface area (Å²) in [6.07, 6.45) is 1.55. The Bertz CT molecular complexity index is 569. The molecule has 0 radical (unpaired) electrons. The smallest absolute Gasteiger partial charge is 0.220 e. The first-order valence-electron chi connectivity index (χ1n) is 6.23. The summed E-state index contributed by atoms with van der Waals surface area (Å²) in [6, 6.07) is 7.93. The summed E-state index contributed by atoms with van der Waals surface area (Å²) in [7, 11) is -3.02. The van der Waals surface area contributed by atoms with E-state index in [1.807, 2.05) is 24.3 Å². The van der Waals surface area contributed by atoms with Crippen LogP contribution in [0.3, 0.4) is 0 Å². The van der Waals surface area contributed by atoms with Gasteiger partial charge in [0, 0.05) is 37.4 Å². The molecule has 0 saturated carbocycles. The lowest BCUT2D eigenvalue weighted by molar-refractivity contribution is -0.121. The molecule has 19 heavy (non-hydrogen) atoms. The Kier molecular flexibility index (Phi) is 4.09. The van der Waals surface area contributed by atoms with Crippen molar-refractivity contribution in [3.05, 3.63) is 29.8 Å². The fourth-order valence-electron chi connectivity index (χ4n) is 2.21. The molecule has 0 bridgehead atoms. The summed E-state index contributed by atoms with van der Waals surface area (Å²) in [4.78, 5) is 11.8. The number of rotatable bonds is 5. The third-order valence-corrected chi connectivity index (χ3v) is 4.11. The van der Waals surface area contributed by atoms with Crippen LogP contribution in [0, 0.1) is 0 Å². The van der Waals surface area contributed by atoms with Crippen LogP contribution in [0.1, 0.15) is 17.9 Å². The number of hydrogen-bond donors (Lipinski definition) is 2. The molecule has 2 N–H and O–H groups in total. The number of para-hydroxylation sites is 1. The highest BCUT2D eigenvalue weighted by molar-refractivity contribution is 7.90. The first-order valence-corrected chi connectivity index (χ1v) is 8.29. The van der Waals surface area contributed by atoms with Crippen LogP contribution in [0.25, 0.3) is 0 Å². The van der Waals surface area contributed by atoms with Crippen LogP contribution in [-0.2, 0) is 14.6 Å². The van der Waals surface area contributed by atoms with Gasteiger partial charge in [-0.2, -0.15) is 0 Å². The van der Waals surface area contributed by atoms with Crippen molar-refractivity contribution in [1.29, 1.82) is 0 Å². The molecular formula is C13H18N2O3S. The topological polar surface area (TPSA) is 75.3 Å². The standard InChI is InChI=1S/C13H18N2O3S/c1-19(17,18)7-6-14-13(16)8-10-9-15-12-5-3-2-4-11(10)12/h2-5,10,15H,6-9H2,1H3,(H,14,16). The van der Waals surface area contributed by atoms with Gasteiger partial charge in [0.25, 0.3) is 0 Å². The van der Waals surface area contributed by atoms with Gasteiger partial charge in [-0.05, 0) is 11.6 Å². The lowest BCUT2D eigenvalue weighted by Crippen LogP contribution is -2.30. The predicted molar refractivity (Wildman–Crippen MR) is 75.0 cm³/mol. The number of anilines is 1. The molecule has 0 aromatic heterocycles. The Morgan fingerprint density at radius 1 is 1.42 bits per heavy atom. The number of amides is 1. The van der Waals surface area contributed by atoms with Gasteiger partial charge in [-0.15, -0.1) is 0 Å². The first kappa shape index (κ1) is 13.9. The van der Waals surface area contributed by atoms with Crippen molar-refractivity contribution >= 4 is 21.4 Å². The van der Waals surface area contributed by atoms with E-state index in [0.29, 0.717) is 6.42 Å². The van der Waals surface area contributed by atoms with Gasteiger partial charge in [0.2, 0.25) is 5.91 Å². The Labute approximate surface area is 113 Å². The fraction of sp³-hybridized carbons (Fsp3) is 0.462. The fourth-order valence-corrected chi connectivity index (χ4v) is 2.68. The van der Waals surface area contributed by atoms with Crippen molar-refractivity contribution in [1.82, 2.24) is 5.32 Å². The summed E-state index contributed by atoms with van der Waals surface area (Å²) in [5.41, 5.74) is 2.23. The van der Waals surface area contributed by atoms with E-state index in [0.717, 1.165) is 24.1 Å². The van der Waals surface area contributed by atoms with Crippen molar-refractivity contribution in [3.63, 3.8) is 0 Å². The molecule has 1 amide bonds. The van der Waals surface area contributed by atoms with Crippen molar-refractivity contribution < 1.29 is 13.2 Å². The van der Waals surface area contributed by atoms with Crippen LogP contribution < -0.4 is 10.6 Å². The van der Waals surface area contributed by atoms with E-state index in [1.54, 1.807) is 0 Å². The summed E-state index contributed by atoms with van der Waals surface area (Å²) < 4.78 is 21.9. The monoisotopic (exact) mass is 282 g/mol. The second-order valence-corrected chi connectivity index (χ2v) is 7.11. The van der Waals surface area contributed by atoms with E-state index in [4.69, 9.17) is 0 Å². The van der Waals surface area contributed by atoms with E-state index in [2.05, 4.69) is 10.6 Å². The quantitative estimate of drug-likeness (QED) is 0.835. The molecule has 0 spiro atoms. The van der Waals surface area contributed by atoms with Gasteiger partial charge in [-0.25, -0.2) is 8.42 Å². The Hall–Kier alpha value is -1.56. The highest BCUT2D eigenvalue weighted by Crippen LogP contribution is 2.32. The second kappa shape index (κ2) is 5.61. The molecule has 0 fully saturated rings. The molecule has 1 atom stereocenters. The third-order valence-electron chi connectivity index (χ3n) is 3.17. The number of carbonyl (C=O) groups excluding carboxylic acids is 1. The average molecular weight is 282 g/mol. The average Bonchev–Trinajstić information content (AvgIpc) is 2.71. The molecule has 1 unspecified atom stereocenters. The van der Waals surface area contributed by atoms with Crippen LogP contribution in [0.4, 0.5) is 5.69 Å². The summed E-state index contributed by atoms with van der Waals surface area (Å²) >= 11 is 0. The zero-order valence-electron chi connectivity index (χ0n) is 10.8. The van der Waals surface area contributed by atoms with Gasteiger partial charge in [-0.3, -0.25) is 4.79 Å². The Morgan fingerprint density at radius 3 is 2.89 bits per heavy atom. The van der Waals surface area contributed by atoms with Crippen molar-refractivity contribution in [3.8, 4) is 0 Å². The Morgan fingerprint density at radius 2 is 2.16 bits per heavy atom. The highest BCUT2D eigenvalue weighted by Gasteiger charge is 2.23. The first-order chi connectivity index (χ1) is 8.96. The van der Waals surface area contributed by atoms with Gasteiger partial charge in [0.15, 0.2) is 0 Å². The van der Waals surface area contributed by atoms with Gasteiger partial charge >= 0.3 is 0 Å². The maximum atomic E-state index is 11.8. The summed E-state index contributed by atoms with van der Waals surface area (Å²) in [5, 5.41) is 5.91. The van der Waals surface area contributed by atoms with E-state index in [9.17, 15) is 13.2 Å². The van der Waals surface area contributed by atoms with Gasteiger partial charge in [0.1, 0.15) is 9.84 Å². The summed E-state index contributed by atoms with van der Waals surface area (Å²) in [5.74, 6) is 0.0414. The lowest BCUT2D eigenvalue weighted by atomic mass is 9.98. The van der Waals surface area contributed by atoms with Crippen LogP contribution in [0.15, 0.2) is 24.3 Å². The molecule has 1 aliphatic rings. The predicted octanol–water partition coefficient (Wildman–Crippen LogP) is 0.747. The molecule has 104 valence electrons. The molecule has 1 aromatic rings. The molecule has 6 heteroatoms. The maximum Gasteiger partial charge on any atom is 0.220 e. The minimum Gasteiger partial charge on any atom is -0.384 e. The van der Waals surface area contributed by atoms with Gasteiger partial charge < -0.3 is 10.6 Å². The zero-order valence-corrected chi connectivity index (χ0v) is 11.7. The number of sulfone groups is 1. The number of benzene rings is 1. The van der Waals surface area contributed by atoms with Gasteiger partial charge in [-0.1, -0.05) is 18.2 Å². The third kappa shape index (κ3) is 3.96. The van der Waals surface area contributed by atoms with Crippen LogP contribution in [-0.4, -0.2) is 39.4 Å². The number of carbonyl (C=O) groups is 1. The zero-order chi connectivity index (χ0) is 13.9. The molecule has 0 saturated heterocycles. The van der Waals surface area contributed by atoms with E-state index in [1.165, 1.54) is 0 Å². The molecular weight excluding hydrogens is 264 g/mol. The minimum absolute atomic E-state index is 0.0156.